The molecule has 1 aliphatic rings. The van der Waals surface area contributed by atoms with Gasteiger partial charge in [-0.3, -0.25) is 0 Å². The molecule has 1 aromatic carbocycles. The van der Waals surface area contributed by atoms with Gasteiger partial charge < -0.3 is 9.64 Å². The minimum Gasteiger partial charge on any atom is -0.372 e. The second kappa shape index (κ2) is 4.33. The maximum Gasteiger partial charge on any atom is 0.0773 e. The molecule has 1 aliphatic heterocycles. The van der Waals surface area contributed by atoms with E-state index >= 15 is 0 Å². The molecular weight excluding hydrogens is 186 g/mol. The van der Waals surface area contributed by atoms with E-state index in [0.29, 0.717) is 12.1 Å². The summed E-state index contributed by atoms with van der Waals surface area (Å²) in [6.45, 7) is 2.95. The highest BCUT2D eigenvalue weighted by Gasteiger charge is 2.30. The van der Waals surface area contributed by atoms with Crippen LogP contribution in [0.4, 0.5) is 0 Å². The molecule has 0 spiro atoms. The van der Waals surface area contributed by atoms with Crippen LogP contribution in [0.1, 0.15) is 30.5 Å². The van der Waals surface area contributed by atoms with Crippen molar-refractivity contribution >= 4 is 0 Å². The molecule has 1 aromatic rings. The summed E-state index contributed by atoms with van der Waals surface area (Å²) >= 11 is 0. The molecule has 0 unspecified atom stereocenters. The van der Waals surface area contributed by atoms with Gasteiger partial charge in [0, 0.05) is 0 Å². The van der Waals surface area contributed by atoms with E-state index in [9.17, 15) is 0 Å². The van der Waals surface area contributed by atoms with Gasteiger partial charge in [0.1, 0.15) is 0 Å². The number of nitrogens with zero attached hydrogens (tertiary/aromatic N) is 1. The molecule has 0 N–H and O–H groups in total. The van der Waals surface area contributed by atoms with Crippen LogP contribution in [-0.4, -0.2) is 25.1 Å². The smallest absolute Gasteiger partial charge is 0.0773 e. The van der Waals surface area contributed by atoms with E-state index in [1.165, 1.54) is 11.1 Å². The lowest BCUT2D eigenvalue weighted by molar-refractivity contribution is -0.0300. The van der Waals surface area contributed by atoms with Crippen LogP contribution < -0.4 is 0 Å². The van der Waals surface area contributed by atoms with Gasteiger partial charge in [-0.1, -0.05) is 31.2 Å². The monoisotopic (exact) mass is 205 g/mol. The van der Waals surface area contributed by atoms with Crippen LogP contribution in [0.3, 0.4) is 0 Å². The Labute approximate surface area is 91.9 Å². The lowest BCUT2D eigenvalue weighted by Gasteiger charge is -2.37. The molecule has 0 amide bonds. The number of rotatable bonds is 2. The Hall–Kier alpha value is -0.860. The number of hydrogen-bond acceptors (Lipinski definition) is 2. The molecule has 0 radical (unpaired) electrons. The summed E-state index contributed by atoms with van der Waals surface area (Å²) < 4.78 is 5.89. The number of ether oxygens (including phenoxy) is 1. The first-order valence-corrected chi connectivity index (χ1v) is 5.60. The molecular formula is C13H19NO. The highest BCUT2D eigenvalue weighted by molar-refractivity contribution is 5.32. The first kappa shape index (κ1) is 10.7. The van der Waals surface area contributed by atoms with Crippen LogP contribution in [0, 0.1) is 0 Å². The van der Waals surface area contributed by atoms with Crippen LogP contribution in [0.15, 0.2) is 24.3 Å². The predicted octanol–water partition coefficient (Wildman–Crippen LogP) is 2.60. The summed E-state index contributed by atoms with van der Waals surface area (Å²) in [6, 6.07) is 9.00. The summed E-state index contributed by atoms with van der Waals surface area (Å²) in [5, 5.41) is 0. The van der Waals surface area contributed by atoms with Crippen molar-refractivity contribution in [3.8, 4) is 0 Å². The SMILES string of the molecule is CC[C@@H]1OCc2ccccc2[C@@H]1N(C)C. The van der Waals surface area contributed by atoms with E-state index in [4.69, 9.17) is 4.74 Å². The molecule has 0 saturated heterocycles. The lowest BCUT2D eigenvalue weighted by atomic mass is 9.92. The number of likely N-dealkylation sites (N-methyl/N-ethyl adjacent to an activating group) is 1. The third-order valence-electron chi connectivity index (χ3n) is 3.14. The number of fused-ring (bicyclic) bond motifs is 1. The van der Waals surface area contributed by atoms with Crippen molar-refractivity contribution in [2.75, 3.05) is 14.1 Å². The standard InChI is InChI=1S/C13H19NO/c1-4-12-13(14(2)3)11-8-6-5-7-10(11)9-15-12/h5-8,12-13H,4,9H2,1-3H3/t12-,13-/m0/s1. The minimum atomic E-state index is 0.329. The highest BCUT2D eigenvalue weighted by Crippen LogP contribution is 2.33. The van der Waals surface area contributed by atoms with Gasteiger partial charge in [0.25, 0.3) is 0 Å². The average Bonchev–Trinajstić information content (AvgIpc) is 2.27. The Morgan fingerprint density at radius 2 is 2.07 bits per heavy atom. The van der Waals surface area contributed by atoms with Crippen LogP contribution in [0.2, 0.25) is 0 Å². The van der Waals surface area contributed by atoms with E-state index in [1.54, 1.807) is 0 Å². The second-order valence-corrected chi connectivity index (χ2v) is 4.36. The fourth-order valence-corrected chi connectivity index (χ4v) is 2.39. The Balaban J connectivity index is 2.38. The Kier molecular flexibility index (Phi) is 3.08. The molecule has 0 fully saturated rings. The molecule has 0 saturated carbocycles. The predicted molar refractivity (Wildman–Crippen MR) is 61.7 cm³/mol. The van der Waals surface area contributed by atoms with Gasteiger partial charge in [0.15, 0.2) is 0 Å². The topological polar surface area (TPSA) is 12.5 Å². The van der Waals surface area contributed by atoms with Gasteiger partial charge in [-0.2, -0.15) is 0 Å². The van der Waals surface area contributed by atoms with Gasteiger partial charge in [-0.15, -0.1) is 0 Å². The van der Waals surface area contributed by atoms with Crippen molar-refractivity contribution < 1.29 is 4.74 Å². The Morgan fingerprint density at radius 1 is 1.33 bits per heavy atom. The molecule has 2 heteroatoms. The Bertz CT molecular complexity index is 335. The molecule has 82 valence electrons. The summed E-state index contributed by atoms with van der Waals surface area (Å²) in [5.74, 6) is 0. The zero-order valence-corrected chi connectivity index (χ0v) is 9.73. The van der Waals surface area contributed by atoms with Gasteiger partial charge in [0.05, 0.1) is 18.8 Å². The first-order valence-electron chi connectivity index (χ1n) is 5.60. The first-order chi connectivity index (χ1) is 7.24. The Morgan fingerprint density at radius 3 is 2.73 bits per heavy atom. The van der Waals surface area contributed by atoms with E-state index in [0.717, 1.165) is 13.0 Å². The van der Waals surface area contributed by atoms with Crippen molar-refractivity contribution in [2.24, 2.45) is 0 Å². The van der Waals surface area contributed by atoms with Crippen LogP contribution in [-0.2, 0) is 11.3 Å². The van der Waals surface area contributed by atoms with Gasteiger partial charge in [-0.25, -0.2) is 0 Å². The summed E-state index contributed by atoms with van der Waals surface area (Å²) in [6.07, 6.45) is 1.40. The van der Waals surface area contributed by atoms with Gasteiger partial charge >= 0.3 is 0 Å². The third kappa shape index (κ3) is 1.92. The van der Waals surface area contributed by atoms with E-state index in [-0.39, 0.29) is 0 Å². The highest BCUT2D eigenvalue weighted by atomic mass is 16.5. The fraction of sp³-hybridized carbons (Fsp3) is 0.538. The van der Waals surface area contributed by atoms with Crippen molar-refractivity contribution in [3.05, 3.63) is 35.4 Å². The third-order valence-corrected chi connectivity index (χ3v) is 3.14. The summed E-state index contributed by atoms with van der Waals surface area (Å²) in [4.78, 5) is 2.26. The second-order valence-electron chi connectivity index (χ2n) is 4.36. The molecule has 1 heterocycles. The van der Waals surface area contributed by atoms with Gasteiger partial charge in [0.2, 0.25) is 0 Å². The maximum atomic E-state index is 5.89. The fourth-order valence-electron chi connectivity index (χ4n) is 2.39. The molecule has 0 aromatic heterocycles. The summed E-state index contributed by atoms with van der Waals surface area (Å²) in [5.41, 5.74) is 2.77. The van der Waals surface area contributed by atoms with Crippen molar-refractivity contribution in [1.82, 2.24) is 4.90 Å². The van der Waals surface area contributed by atoms with Gasteiger partial charge in [-0.05, 0) is 31.6 Å². The zero-order chi connectivity index (χ0) is 10.8. The van der Waals surface area contributed by atoms with Crippen molar-refractivity contribution in [3.63, 3.8) is 0 Å². The van der Waals surface area contributed by atoms with Crippen LogP contribution >= 0.6 is 0 Å². The van der Waals surface area contributed by atoms with E-state index in [2.05, 4.69) is 50.2 Å². The van der Waals surface area contributed by atoms with Crippen LogP contribution in [0.25, 0.3) is 0 Å². The molecule has 2 rings (SSSR count). The molecule has 2 nitrogen and oxygen atoms in total. The number of hydrogen-bond donors (Lipinski definition) is 0. The largest absolute Gasteiger partial charge is 0.372 e. The summed E-state index contributed by atoms with van der Waals surface area (Å²) in [7, 11) is 4.25. The molecule has 0 bridgehead atoms. The molecule has 2 atom stereocenters. The molecule has 0 aliphatic carbocycles. The lowest BCUT2D eigenvalue weighted by Crippen LogP contribution is -2.36. The molecule has 15 heavy (non-hydrogen) atoms. The number of benzene rings is 1. The van der Waals surface area contributed by atoms with E-state index < -0.39 is 0 Å². The average molecular weight is 205 g/mol. The maximum absolute atomic E-state index is 5.89. The van der Waals surface area contributed by atoms with Crippen molar-refractivity contribution in [1.29, 1.82) is 0 Å². The zero-order valence-electron chi connectivity index (χ0n) is 9.73. The normalized spacial score (nSPS) is 25.3. The quantitative estimate of drug-likeness (QED) is 0.736. The van der Waals surface area contributed by atoms with Crippen molar-refractivity contribution in [2.45, 2.75) is 32.1 Å². The van der Waals surface area contributed by atoms with Crippen LogP contribution in [0.5, 0.6) is 0 Å². The van der Waals surface area contributed by atoms with E-state index in [1.807, 2.05) is 0 Å². The minimum absolute atomic E-state index is 0.329.